The van der Waals surface area contributed by atoms with Crippen molar-refractivity contribution < 1.29 is 26.9 Å². The standard InChI is InChI=1S/C20H15ClO4Te/c1-14-10-12-15(13-11-14)20-16-6-2-4-8-18(16)26(25-21(22,23)24)19-9-5-3-7-17(19)20/h2-13H,1H3. The number of fused-ring (bicyclic) bond motifs is 2. The molecular weight excluding hydrogens is 467 g/mol. The van der Waals surface area contributed by atoms with Gasteiger partial charge in [-0.1, -0.05) is 0 Å². The fourth-order valence-electron chi connectivity index (χ4n) is 3.11. The van der Waals surface area contributed by atoms with Crippen LogP contribution in [0.5, 0.6) is 0 Å². The third-order valence-corrected chi connectivity index (χ3v) is 11.2. The molecular formula is C20H15ClO4Te. The van der Waals surface area contributed by atoms with Crippen LogP contribution in [0.25, 0.3) is 5.57 Å². The molecule has 0 spiro atoms. The molecule has 3 aromatic carbocycles. The van der Waals surface area contributed by atoms with Crippen molar-refractivity contribution in [2.75, 3.05) is 0 Å². The van der Waals surface area contributed by atoms with Gasteiger partial charge in [-0.05, 0) is 0 Å². The molecule has 1 aliphatic rings. The van der Waals surface area contributed by atoms with Crippen molar-refractivity contribution in [1.82, 2.24) is 0 Å². The molecule has 26 heavy (non-hydrogen) atoms. The molecule has 0 saturated heterocycles. The van der Waals surface area contributed by atoms with E-state index in [0.717, 1.165) is 28.7 Å². The average Bonchev–Trinajstić information content (AvgIpc) is 2.62. The summed E-state index contributed by atoms with van der Waals surface area (Å²) in [7, 11) is -4.48. The first kappa shape index (κ1) is 17.8. The van der Waals surface area contributed by atoms with Crippen LogP contribution in [0.15, 0.2) is 72.8 Å². The Hall–Kier alpha value is -1.55. The number of hydrogen-bond donors (Lipinski definition) is 0. The molecule has 132 valence electrons. The molecule has 0 bridgehead atoms. The van der Waals surface area contributed by atoms with Gasteiger partial charge in [-0.3, -0.25) is 0 Å². The van der Waals surface area contributed by atoms with Gasteiger partial charge in [0, 0.05) is 0 Å². The molecule has 0 N–H and O–H groups in total. The molecule has 0 saturated carbocycles. The summed E-state index contributed by atoms with van der Waals surface area (Å²) in [6.07, 6.45) is 0. The average molecular weight is 482 g/mol. The van der Waals surface area contributed by atoms with E-state index in [-0.39, 0.29) is 0 Å². The van der Waals surface area contributed by atoms with E-state index >= 15 is 0 Å². The summed E-state index contributed by atoms with van der Waals surface area (Å²) in [5, 5.41) is 0.936. The van der Waals surface area contributed by atoms with E-state index in [9.17, 15) is 14.0 Å². The van der Waals surface area contributed by atoms with Gasteiger partial charge in [0.15, 0.2) is 0 Å². The Kier molecular flexibility index (Phi) is 4.72. The molecule has 1 heterocycles. The van der Waals surface area contributed by atoms with E-state index in [1.807, 2.05) is 55.5 Å². The summed E-state index contributed by atoms with van der Waals surface area (Å²) in [5.41, 5.74) is 4.19. The van der Waals surface area contributed by atoms with Gasteiger partial charge in [0.2, 0.25) is 0 Å². The Morgan fingerprint density at radius 3 is 2.19 bits per heavy atom. The first-order valence-corrected chi connectivity index (χ1v) is 12.4. The van der Waals surface area contributed by atoms with Gasteiger partial charge >= 0.3 is 160 Å². The van der Waals surface area contributed by atoms with Crippen LogP contribution >= 0.6 is 0 Å². The molecule has 0 amide bonds. The minimum atomic E-state index is -4.48. The molecule has 4 rings (SSSR count). The first-order valence-electron chi connectivity index (χ1n) is 7.92. The van der Waals surface area contributed by atoms with Crippen LogP contribution in [0, 0.1) is 20.4 Å². The second kappa shape index (κ2) is 6.88. The van der Waals surface area contributed by atoms with Crippen molar-refractivity contribution in [2.24, 2.45) is 0 Å². The Morgan fingerprint density at radius 2 is 1.46 bits per heavy atom. The van der Waals surface area contributed by atoms with Crippen molar-refractivity contribution in [3.63, 3.8) is 0 Å². The third kappa shape index (κ3) is 3.36. The SMILES string of the molecule is Cc1ccc(C2=c3ccccc3=[Te](O[Cl+3]([O-])([O-])[O-])c3ccccc32)cc1. The normalized spacial score (nSPS) is 14.1. The maximum absolute atomic E-state index is 11.3. The van der Waals surface area contributed by atoms with E-state index < -0.39 is 29.7 Å². The zero-order chi connectivity index (χ0) is 18.3. The van der Waals surface area contributed by atoms with Gasteiger partial charge < -0.3 is 0 Å². The van der Waals surface area contributed by atoms with E-state index in [2.05, 4.69) is 24.3 Å². The maximum atomic E-state index is 11.3. The van der Waals surface area contributed by atoms with Crippen molar-refractivity contribution >= 4 is 28.7 Å². The molecule has 3 aromatic rings. The van der Waals surface area contributed by atoms with Gasteiger partial charge in [-0.15, -0.1) is 0 Å². The van der Waals surface area contributed by atoms with E-state index in [4.69, 9.17) is 2.65 Å². The van der Waals surface area contributed by atoms with Crippen LogP contribution in [0.3, 0.4) is 0 Å². The van der Waals surface area contributed by atoms with Crippen LogP contribution in [0.2, 0.25) is 0 Å². The zero-order valence-electron chi connectivity index (χ0n) is 13.8. The van der Waals surface area contributed by atoms with E-state index in [0.29, 0.717) is 0 Å². The Bertz CT molecular complexity index is 1100. The fourth-order valence-corrected chi connectivity index (χ4v) is 9.82. The molecule has 0 aromatic heterocycles. The predicted molar refractivity (Wildman–Crippen MR) is 90.6 cm³/mol. The Morgan fingerprint density at radius 1 is 0.808 bits per heavy atom. The quantitative estimate of drug-likeness (QED) is 0.459. The minimum absolute atomic E-state index is 0.831. The molecule has 0 atom stereocenters. The number of rotatable bonds is 3. The predicted octanol–water partition coefficient (Wildman–Crippen LogP) is -0.799. The van der Waals surface area contributed by atoms with Gasteiger partial charge in [-0.25, -0.2) is 0 Å². The molecule has 4 nitrogen and oxygen atoms in total. The van der Waals surface area contributed by atoms with E-state index in [1.165, 1.54) is 5.56 Å². The van der Waals surface area contributed by atoms with Crippen molar-refractivity contribution in [1.29, 1.82) is 0 Å². The molecule has 1 aliphatic heterocycles. The summed E-state index contributed by atoms with van der Waals surface area (Å²) >= 11 is -3.03. The van der Waals surface area contributed by atoms with Crippen LogP contribution in [0.4, 0.5) is 0 Å². The molecule has 6 heteroatoms. The summed E-state index contributed by atoms with van der Waals surface area (Å²) in [4.78, 5) is 0. The number of halogens is 1. The summed E-state index contributed by atoms with van der Waals surface area (Å²) in [6.45, 7) is 2.04. The van der Waals surface area contributed by atoms with Crippen molar-refractivity contribution in [3.05, 3.63) is 97.9 Å². The monoisotopic (exact) mass is 484 g/mol. The zero-order valence-corrected chi connectivity index (χ0v) is 16.9. The Balaban J connectivity index is 2.14. The number of benzene rings is 3. The summed E-state index contributed by atoms with van der Waals surface area (Å²) in [6, 6.07) is 23.4. The van der Waals surface area contributed by atoms with Gasteiger partial charge in [0.05, 0.1) is 0 Å². The van der Waals surface area contributed by atoms with E-state index in [1.54, 1.807) is 0 Å². The second-order valence-electron chi connectivity index (χ2n) is 5.94. The van der Waals surface area contributed by atoms with Gasteiger partial charge in [-0.2, -0.15) is 0 Å². The number of aryl methyl sites for hydroxylation is 1. The molecule has 0 aliphatic carbocycles. The van der Waals surface area contributed by atoms with Crippen LogP contribution in [0.1, 0.15) is 16.7 Å². The summed E-state index contributed by atoms with van der Waals surface area (Å²) in [5.74, 6) is 0. The van der Waals surface area contributed by atoms with Crippen LogP contribution < -0.4 is 22.8 Å². The Labute approximate surface area is 160 Å². The molecule has 0 radical (unpaired) electrons. The first-order chi connectivity index (χ1) is 12.4. The van der Waals surface area contributed by atoms with Gasteiger partial charge in [0.25, 0.3) is 0 Å². The van der Waals surface area contributed by atoms with Crippen LogP contribution in [-0.4, -0.2) is 19.5 Å². The summed E-state index contributed by atoms with van der Waals surface area (Å²) < 4.78 is 40.8. The number of hydrogen-bond acceptors (Lipinski definition) is 4. The fraction of sp³-hybridized carbons (Fsp3) is 0.0500. The van der Waals surface area contributed by atoms with Crippen molar-refractivity contribution in [2.45, 2.75) is 6.92 Å². The van der Waals surface area contributed by atoms with Gasteiger partial charge in [0.1, 0.15) is 0 Å². The van der Waals surface area contributed by atoms with Crippen LogP contribution in [-0.2, 0) is 2.65 Å². The topological polar surface area (TPSA) is 78.4 Å². The third-order valence-electron chi connectivity index (χ3n) is 4.19. The molecule has 0 fully saturated rings. The van der Waals surface area contributed by atoms with Crippen molar-refractivity contribution in [3.8, 4) is 0 Å². The molecule has 0 unspecified atom stereocenters. The second-order valence-corrected chi connectivity index (χ2v) is 11.9.